The minimum atomic E-state index is -0.942. The average Bonchev–Trinajstić information content (AvgIpc) is 3.04. The quantitative estimate of drug-likeness (QED) is 0.936. The third-order valence-electron chi connectivity index (χ3n) is 4.01. The molecule has 0 aliphatic carbocycles. The number of amides is 1. The van der Waals surface area contributed by atoms with Crippen molar-refractivity contribution in [3.8, 4) is 11.5 Å². The molecule has 2 heterocycles. The Morgan fingerprint density at radius 1 is 1.26 bits per heavy atom. The minimum absolute atomic E-state index is 0.0557. The summed E-state index contributed by atoms with van der Waals surface area (Å²) < 4.78 is 5.42. The topological polar surface area (TPSA) is 83.6 Å². The van der Waals surface area contributed by atoms with Gasteiger partial charge in [0.15, 0.2) is 0 Å². The largest absolute Gasteiger partial charge is 0.480 e. The molecule has 0 radical (unpaired) electrons. The van der Waals surface area contributed by atoms with E-state index in [1.54, 1.807) is 0 Å². The van der Waals surface area contributed by atoms with Crippen molar-refractivity contribution in [2.24, 2.45) is 0 Å². The maximum Gasteiger partial charge on any atom is 0.326 e. The maximum absolute atomic E-state index is 12.4. The van der Waals surface area contributed by atoms with E-state index in [2.05, 4.69) is 4.98 Å². The molecule has 1 aromatic heterocycles. The summed E-state index contributed by atoms with van der Waals surface area (Å²) in [5.41, 5.74) is 1.36. The standard InChI is InChI=1S/C17H18N2O4/c20-15(19-9-5-4-8-14(19)17(21)22)10-13-11-23-16(18-13)12-6-2-1-3-7-12/h1-3,6-7,11,14H,4-5,8-10H2,(H,21,22). The number of carboxylic acids is 1. The molecular formula is C17H18N2O4. The number of carbonyl (C=O) groups excluding carboxylic acids is 1. The van der Waals surface area contributed by atoms with Crippen LogP contribution < -0.4 is 0 Å². The third kappa shape index (κ3) is 3.41. The highest BCUT2D eigenvalue weighted by molar-refractivity contribution is 5.85. The smallest absolute Gasteiger partial charge is 0.326 e. The third-order valence-corrected chi connectivity index (χ3v) is 4.01. The Balaban J connectivity index is 1.70. The first-order valence-corrected chi connectivity index (χ1v) is 7.67. The summed E-state index contributed by atoms with van der Waals surface area (Å²) in [6.45, 7) is 0.485. The molecule has 0 saturated carbocycles. The van der Waals surface area contributed by atoms with Gasteiger partial charge < -0.3 is 14.4 Å². The predicted octanol–water partition coefficient (Wildman–Crippen LogP) is 2.35. The van der Waals surface area contributed by atoms with Crippen LogP contribution in [-0.4, -0.2) is 39.5 Å². The van der Waals surface area contributed by atoms with Crippen molar-refractivity contribution in [3.05, 3.63) is 42.3 Å². The Kier molecular flexibility index (Phi) is 4.41. The molecule has 6 heteroatoms. The summed E-state index contributed by atoms with van der Waals surface area (Å²) in [5, 5.41) is 9.25. The lowest BCUT2D eigenvalue weighted by Gasteiger charge is -2.32. The molecule has 2 aromatic rings. The summed E-state index contributed by atoms with van der Waals surface area (Å²) in [4.78, 5) is 29.5. The number of rotatable bonds is 4. The van der Waals surface area contributed by atoms with Crippen LogP contribution in [0, 0.1) is 0 Å². The molecule has 1 amide bonds. The Hall–Kier alpha value is -2.63. The van der Waals surface area contributed by atoms with Crippen LogP contribution in [0.15, 0.2) is 41.0 Å². The number of nitrogens with zero attached hydrogens (tertiary/aromatic N) is 2. The molecule has 0 bridgehead atoms. The van der Waals surface area contributed by atoms with Gasteiger partial charge in [0, 0.05) is 12.1 Å². The lowest BCUT2D eigenvalue weighted by Crippen LogP contribution is -2.48. The van der Waals surface area contributed by atoms with E-state index in [9.17, 15) is 14.7 Å². The predicted molar refractivity (Wildman–Crippen MR) is 82.6 cm³/mol. The lowest BCUT2D eigenvalue weighted by atomic mass is 10.0. The van der Waals surface area contributed by atoms with Crippen molar-refractivity contribution < 1.29 is 19.1 Å². The fourth-order valence-electron chi connectivity index (χ4n) is 2.84. The molecule has 1 aliphatic rings. The van der Waals surface area contributed by atoms with Crippen LogP contribution >= 0.6 is 0 Å². The second-order valence-electron chi connectivity index (χ2n) is 5.62. The Morgan fingerprint density at radius 2 is 2.04 bits per heavy atom. The highest BCUT2D eigenvalue weighted by Gasteiger charge is 2.32. The number of carbonyl (C=O) groups is 2. The van der Waals surface area contributed by atoms with Crippen LogP contribution in [0.5, 0.6) is 0 Å². The fraction of sp³-hybridized carbons (Fsp3) is 0.353. The van der Waals surface area contributed by atoms with E-state index < -0.39 is 12.0 Å². The van der Waals surface area contributed by atoms with Gasteiger partial charge in [-0.15, -0.1) is 0 Å². The molecule has 23 heavy (non-hydrogen) atoms. The van der Waals surface area contributed by atoms with Gasteiger partial charge in [0.25, 0.3) is 0 Å². The number of carboxylic acid groups (broad SMARTS) is 1. The molecule has 6 nitrogen and oxygen atoms in total. The van der Waals surface area contributed by atoms with Crippen molar-refractivity contribution in [2.75, 3.05) is 6.54 Å². The molecular weight excluding hydrogens is 296 g/mol. The first-order valence-electron chi connectivity index (χ1n) is 7.67. The molecule has 3 rings (SSSR count). The van der Waals surface area contributed by atoms with E-state index in [0.717, 1.165) is 18.4 Å². The van der Waals surface area contributed by atoms with Gasteiger partial charge in [-0.1, -0.05) is 18.2 Å². The molecule has 1 atom stereocenters. The Morgan fingerprint density at radius 3 is 2.78 bits per heavy atom. The number of benzene rings is 1. The van der Waals surface area contributed by atoms with Gasteiger partial charge in [0.2, 0.25) is 11.8 Å². The molecule has 1 N–H and O–H groups in total. The summed E-state index contributed by atoms with van der Waals surface area (Å²) in [6, 6.07) is 8.70. The van der Waals surface area contributed by atoms with Crippen molar-refractivity contribution in [2.45, 2.75) is 31.7 Å². The van der Waals surface area contributed by atoms with E-state index in [0.29, 0.717) is 24.6 Å². The van der Waals surface area contributed by atoms with Gasteiger partial charge in [-0.2, -0.15) is 0 Å². The number of hydrogen-bond donors (Lipinski definition) is 1. The van der Waals surface area contributed by atoms with Crippen LogP contribution in [0.4, 0.5) is 0 Å². The van der Waals surface area contributed by atoms with Crippen molar-refractivity contribution in [1.29, 1.82) is 0 Å². The van der Waals surface area contributed by atoms with Crippen molar-refractivity contribution in [1.82, 2.24) is 9.88 Å². The summed E-state index contributed by atoms with van der Waals surface area (Å²) in [6.07, 6.45) is 3.70. The lowest BCUT2D eigenvalue weighted by molar-refractivity contribution is -0.151. The van der Waals surface area contributed by atoms with Crippen molar-refractivity contribution >= 4 is 11.9 Å². The zero-order valence-electron chi connectivity index (χ0n) is 12.6. The Bertz CT molecular complexity index is 696. The van der Waals surface area contributed by atoms with Gasteiger partial charge in [-0.3, -0.25) is 4.79 Å². The number of likely N-dealkylation sites (tertiary alicyclic amines) is 1. The highest BCUT2D eigenvalue weighted by Crippen LogP contribution is 2.21. The second-order valence-corrected chi connectivity index (χ2v) is 5.62. The fourth-order valence-corrected chi connectivity index (χ4v) is 2.84. The van der Waals surface area contributed by atoms with Gasteiger partial charge in [-0.05, 0) is 31.4 Å². The number of oxazole rings is 1. The molecule has 1 unspecified atom stereocenters. The SMILES string of the molecule is O=C(O)C1CCCCN1C(=O)Cc1coc(-c2ccccc2)n1. The zero-order valence-corrected chi connectivity index (χ0v) is 12.6. The monoisotopic (exact) mass is 314 g/mol. The normalized spacial score (nSPS) is 17.9. The van der Waals surface area contributed by atoms with Crippen molar-refractivity contribution in [3.63, 3.8) is 0 Å². The summed E-state index contributed by atoms with van der Waals surface area (Å²) in [5.74, 6) is -0.699. The van der Waals surface area contributed by atoms with Gasteiger partial charge >= 0.3 is 5.97 Å². The first kappa shape index (κ1) is 15.3. The zero-order chi connectivity index (χ0) is 16.2. The van der Waals surface area contributed by atoms with Gasteiger partial charge in [-0.25, -0.2) is 9.78 Å². The van der Waals surface area contributed by atoms with Crippen LogP contribution in [-0.2, 0) is 16.0 Å². The molecule has 1 saturated heterocycles. The van der Waals surface area contributed by atoms with E-state index in [1.807, 2.05) is 30.3 Å². The summed E-state index contributed by atoms with van der Waals surface area (Å²) >= 11 is 0. The minimum Gasteiger partial charge on any atom is -0.480 e. The number of piperidine rings is 1. The van der Waals surface area contributed by atoms with Crippen LogP contribution in [0.25, 0.3) is 11.5 Å². The number of aromatic nitrogens is 1. The highest BCUT2D eigenvalue weighted by atomic mass is 16.4. The van der Waals surface area contributed by atoms with E-state index in [-0.39, 0.29) is 12.3 Å². The van der Waals surface area contributed by atoms with Gasteiger partial charge in [0.05, 0.1) is 12.1 Å². The van der Waals surface area contributed by atoms with E-state index >= 15 is 0 Å². The van der Waals surface area contributed by atoms with Crippen LogP contribution in [0.1, 0.15) is 25.0 Å². The number of hydrogen-bond acceptors (Lipinski definition) is 4. The molecule has 120 valence electrons. The first-order chi connectivity index (χ1) is 11.1. The Labute approximate surface area is 133 Å². The summed E-state index contributed by atoms with van der Waals surface area (Å²) in [7, 11) is 0. The average molecular weight is 314 g/mol. The van der Waals surface area contributed by atoms with Crippen LogP contribution in [0.3, 0.4) is 0 Å². The molecule has 1 aromatic carbocycles. The molecule has 1 aliphatic heterocycles. The molecule has 0 spiro atoms. The van der Waals surface area contributed by atoms with Gasteiger partial charge in [0.1, 0.15) is 12.3 Å². The van der Waals surface area contributed by atoms with Crippen LogP contribution in [0.2, 0.25) is 0 Å². The van der Waals surface area contributed by atoms with E-state index in [4.69, 9.17) is 4.42 Å². The van der Waals surface area contributed by atoms with E-state index in [1.165, 1.54) is 11.2 Å². The maximum atomic E-state index is 12.4. The molecule has 1 fully saturated rings. The number of aliphatic carboxylic acids is 1. The second kappa shape index (κ2) is 6.64.